The van der Waals surface area contributed by atoms with Gasteiger partial charge in [0.05, 0.1) is 0 Å². The largest absolute Gasteiger partial charge is 0.312 e. The summed E-state index contributed by atoms with van der Waals surface area (Å²) in [5.74, 6) is 1.80. The lowest BCUT2D eigenvalue weighted by Gasteiger charge is -2.22. The van der Waals surface area contributed by atoms with Gasteiger partial charge < -0.3 is 10.2 Å². The van der Waals surface area contributed by atoms with E-state index in [1.165, 1.54) is 32.5 Å². The Hall–Kier alpha value is -0.0800. The highest BCUT2D eigenvalue weighted by atomic mass is 15.1. The van der Waals surface area contributed by atoms with Gasteiger partial charge in [-0.25, -0.2) is 0 Å². The van der Waals surface area contributed by atoms with Crippen LogP contribution in [0, 0.1) is 11.8 Å². The second-order valence-corrected chi connectivity index (χ2v) is 6.62. The van der Waals surface area contributed by atoms with Crippen molar-refractivity contribution in [3.05, 3.63) is 0 Å². The van der Waals surface area contributed by atoms with Crippen LogP contribution in [0.25, 0.3) is 0 Å². The number of hydrogen-bond acceptors (Lipinski definition) is 2. The molecule has 0 saturated carbocycles. The molecule has 0 aromatic rings. The first kappa shape index (κ1) is 14.0. The molecule has 1 aliphatic heterocycles. The van der Waals surface area contributed by atoms with E-state index in [9.17, 15) is 0 Å². The molecule has 0 radical (unpaired) electrons. The number of rotatable bonds is 5. The number of hydrogen-bond donors (Lipinski definition) is 1. The molecule has 0 amide bonds. The molecule has 1 fully saturated rings. The fourth-order valence-corrected chi connectivity index (χ4v) is 2.38. The number of nitrogens with one attached hydrogen (secondary N) is 1. The quantitative estimate of drug-likeness (QED) is 0.725. The molecular weight excluding hydrogens is 196 g/mol. The molecule has 1 N–H and O–H groups in total. The second kappa shape index (κ2) is 6.02. The molecule has 1 unspecified atom stereocenters. The van der Waals surface area contributed by atoms with Gasteiger partial charge in [-0.05, 0) is 65.1 Å². The topological polar surface area (TPSA) is 15.3 Å². The van der Waals surface area contributed by atoms with Crippen LogP contribution in [0.15, 0.2) is 0 Å². The summed E-state index contributed by atoms with van der Waals surface area (Å²) in [5.41, 5.74) is 0.269. The van der Waals surface area contributed by atoms with Crippen molar-refractivity contribution in [2.45, 2.75) is 53.0 Å². The Morgan fingerprint density at radius 3 is 2.50 bits per heavy atom. The van der Waals surface area contributed by atoms with Gasteiger partial charge >= 0.3 is 0 Å². The summed E-state index contributed by atoms with van der Waals surface area (Å²) in [6, 6.07) is 0. The van der Waals surface area contributed by atoms with Gasteiger partial charge in [-0.3, -0.25) is 0 Å². The summed E-state index contributed by atoms with van der Waals surface area (Å²) in [6.45, 7) is 16.5. The lowest BCUT2D eigenvalue weighted by molar-refractivity contribution is 0.292. The lowest BCUT2D eigenvalue weighted by Crippen LogP contribution is -2.37. The first-order chi connectivity index (χ1) is 7.38. The monoisotopic (exact) mass is 226 g/mol. The Balaban J connectivity index is 2.07. The van der Waals surface area contributed by atoms with Crippen molar-refractivity contribution in [1.29, 1.82) is 0 Å². The molecule has 0 aromatic carbocycles. The summed E-state index contributed by atoms with van der Waals surface area (Å²) in [6.07, 6.45) is 2.69. The Morgan fingerprint density at radius 1 is 1.31 bits per heavy atom. The average molecular weight is 226 g/mol. The van der Waals surface area contributed by atoms with Crippen LogP contribution in [0.3, 0.4) is 0 Å². The fourth-order valence-electron chi connectivity index (χ4n) is 2.38. The van der Waals surface area contributed by atoms with Gasteiger partial charge in [0.2, 0.25) is 0 Å². The van der Waals surface area contributed by atoms with E-state index in [0.29, 0.717) is 0 Å². The Morgan fingerprint density at radius 2 is 2.00 bits per heavy atom. The summed E-state index contributed by atoms with van der Waals surface area (Å²) in [5, 5.41) is 3.55. The molecule has 0 spiro atoms. The van der Waals surface area contributed by atoms with Crippen molar-refractivity contribution >= 4 is 0 Å². The predicted molar refractivity (Wildman–Crippen MR) is 71.8 cm³/mol. The fraction of sp³-hybridized carbons (Fsp3) is 1.00. The highest BCUT2D eigenvalue weighted by Gasteiger charge is 2.24. The van der Waals surface area contributed by atoms with Crippen LogP contribution in [0.2, 0.25) is 0 Å². The van der Waals surface area contributed by atoms with E-state index in [-0.39, 0.29) is 5.54 Å². The molecule has 1 saturated heterocycles. The van der Waals surface area contributed by atoms with Crippen LogP contribution in [0.1, 0.15) is 47.5 Å². The average Bonchev–Trinajstić information content (AvgIpc) is 2.59. The number of likely N-dealkylation sites (tertiary alicyclic amines) is 1. The Kier molecular flexibility index (Phi) is 5.26. The summed E-state index contributed by atoms with van der Waals surface area (Å²) in [7, 11) is 0. The highest BCUT2D eigenvalue weighted by Crippen LogP contribution is 2.23. The standard InChI is InChI=1S/C14H30N2/c1-12(2)13-7-10-16(11-13)9-6-8-15-14(3,4)5/h12-13,15H,6-11H2,1-5H3. The molecular formula is C14H30N2. The maximum Gasteiger partial charge on any atom is 0.00965 e. The molecule has 1 heterocycles. The minimum absolute atomic E-state index is 0.269. The molecule has 2 nitrogen and oxygen atoms in total. The van der Waals surface area contributed by atoms with Crippen molar-refractivity contribution in [1.82, 2.24) is 10.2 Å². The normalized spacial score (nSPS) is 23.2. The van der Waals surface area contributed by atoms with Gasteiger partial charge in [0.15, 0.2) is 0 Å². The van der Waals surface area contributed by atoms with Crippen LogP contribution in [-0.4, -0.2) is 36.6 Å². The van der Waals surface area contributed by atoms with Crippen LogP contribution < -0.4 is 5.32 Å². The van der Waals surface area contributed by atoms with E-state index in [2.05, 4.69) is 44.8 Å². The number of nitrogens with zero attached hydrogens (tertiary/aromatic N) is 1. The van der Waals surface area contributed by atoms with E-state index in [1.54, 1.807) is 0 Å². The third kappa shape index (κ3) is 5.31. The molecule has 1 atom stereocenters. The molecule has 0 bridgehead atoms. The first-order valence-corrected chi connectivity index (χ1v) is 6.86. The molecule has 0 aliphatic carbocycles. The SMILES string of the molecule is CC(C)C1CCN(CCCNC(C)(C)C)C1. The van der Waals surface area contributed by atoms with Crippen molar-refractivity contribution in [2.24, 2.45) is 11.8 Å². The smallest absolute Gasteiger partial charge is 0.00965 e. The predicted octanol–water partition coefficient (Wildman–Crippen LogP) is 2.74. The van der Waals surface area contributed by atoms with E-state index >= 15 is 0 Å². The van der Waals surface area contributed by atoms with Crippen LogP contribution in [0.5, 0.6) is 0 Å². The highest BCUT2D eigenvalue weighted by molar-refractivity contribution is 4.78. The maximum absolute atomic E-state index is 3.55. The van der Waals surface area contributed by atoms with E-state index in [0.717, 1.165) is 18.4 Å². The third-order valence-corrected chi connectivity index (χ3v) is 3.56. The molecule has 96 valence electrons. The van der Waals surface area contributed by atoms with E-state index < -0.39 is 0 Å². The minimum atomic E-state index is 0.269. The zero-order chi connectivity index (χ0) is 12.2. The molecule has 1 aliphatic rings. The van der Waals surface area contributed by atoms with Crippen LogP contribution in [0.4, 0.5) is 0 Å². The maximum atomic E-state index is 3.55. The van der Waals surface area contributed by atoms with Gasteiger partial charge in [0, 0.05) is 12.1 Å². The third-order valence-electron chi connectivity index (χ3n) is 3.56. The second-order valence-electron chi connectivity index (χ2n) is 6.62. The molecule has 1 rings (SSSR count). The van der Waals surface area contributed by atoms with E-state index in [1.807, 2.05) is 0 Å². The minimum Gasteiger partial charge on any atom is -0.312 e. The van der Waals surface area contributed by atoms with Gasteiger partial charge in [0.1, 0.15) is 0 Å². The van der Waals surface area contributed by atoms with Crippen LogP contribution >= 0.6 is 0 Å². The zero-order valence-electron chi connectivity index (χ0n) is 11.8. The van der Waals surface area contributed by atoms with Gasteiger partial charge in [-0.1, -0.05) is 13.8 Å². The van der Waals surface area contributed by atoms with Gasteiger partial charge in [-0.15, -0.1) is 0 Å². The lowest BCUT2D eigenvalue weighted by atomic mass is 9.95. The molecule has 16 heavy (non-hydrogen) atoms. The Labute approximate surface area is 102 Å². The summed E-state index contributed by atoms with van der Waals surface area (Å²) >= 11 is 0. The van der Waals surface area contributed by atoms with Crippen molar-refractivity contribution in [3.8, 4) is 0 Å². The first-order valence-electron chi connectivity index (χ1n) is 6.86. The van der Waals surface area contributed by atoms with Gasteiger partial charge in [-0.2, -0.15) is 0 Å². The van der Waals surface area contributed by atoms with Crippen molar-refractivity contribution < 1.29 is 0 Å². The molecule has 0 aromatic heterocycles. The van der Waals surface area contributed by atoms with E-state index in [4.69, 9.17) is 0 Å². The van der Waals surface area contributed by atoms with Crippen LogP contribution in [-0.2, 0) is 0 Å². The zero-order valence-corrected chi connectivity index (χ0v) is 11.8. The summed E-state index contributed by atoms with van der Waals surface area (Å²) < 4.78 is 0. The van der Waals surface area contributed by atoms with Gasteiger partial charge in [0.25, 0.3) is 0 Å². The van der Waals surface area contributed by atoms with Crippen molar-refractivity contribution in [3.63, 3.8) is 0 Å². The summed E-state index contributed by atoms with van der Waals surface area (Å²) in [4.78, 5) is 2.63. The van der Waals surface area contributed by atoms with Crippen molar-refractivity contribution in [2.75, 3.05) is 26.2 Å². The Bertz CT molecular complexity index is 193. The molecule has 2 heteroatoms.